The second kappa shape index (κ2) is 9.83. The predicted molar refractivity (Wildman–Crippen MR) is 62.0 cm³/mol. The van der Waals surface area contributed by atoms with E-state index in [1.54, 1.807) is 5.57 Å². The molecule has 0 unspecified atom stereocenters. The van der Waals surface area contributed by atoms with Crippen molar-refractivity contribution in [2.24, 2.45) is 0 Å². The van der Waals surface area contributed by atoms with Crippen molar-refractivity contribution in [3.05, 3.63) is 11.6 Å². The van der Waals surface area contributed by atoms with Gasteiger partial charge in [-0.3, -0.25) is 0 Å². The summed E-state index contributed by atoms with van der Waals surface area (Å²) in [6, 6.07) is 0. The van der Waals surface area contributed by atoms with Crippen LogP contribution in [0.5, 0.6) is 0 Å². The lowest BCUT2D eigenvalue weighted by Crippen LogP contribution is -1.85. The minimum Gasteiger partial charge on any atom is -0.0853 e. The summed E-state index contributed by atoms with van der Waals surface area (Å²) in [5.41, 5.74) is 1.71. The molecule has 0 spiro atoms. The van der Waals surface area contributed by atoms with Gasteiger partial charge in [0.15, 0.2) is 0 Å². The average molecular weight is 182 g/mol. The zero-order valence-electron chi connectivity index (χ0n) is 9.73. The third kappa shape index (κ3) is 8.08. The minimum atomic E-state index is 1.28. The van der Waals surface area contributed by atoms with E-state index in [1.807, 2.05) is 0 Å². The molecule has 78 valence electrons. The van der Waals surface area contributed by atoms with Gasteiger partial charge in [-0.25, -0.2) is 0 Å². The summed E-state index contributed by atoms with van der Waals surface area (Å²) in [6.07, 6.45) is 13.1. The molecule has 0 aliphatic heterocycles. The molecule has 0 fully saturated rings. The molecule has 0 heterocycles. The molecule has 0 aromatic heterocycles. The number of allylic oxidation sites excluding steroid dienone is 2. The van der Waals surface area contributed by atoms with E-state index in [0.29, 0.717) is 0 Å². The van der Waals surface area contributed by atoms with Gasteiger partial charge < -0.3 is 0 Å². The lowest BCUT2D eigenvalue weighted by Gasteiger charge is -2.05. The molecule has 0 rings (SSSR count). The Morgan fingerprint density at radius 1 is 0.846 bits per heavy atom. The third-order valence-electron chi connectivity index (χ3n) is 2.42. The van der Waals surface area contributed by atoms with Crippen molar-refractivity contribution in [3.8, 4) is 0 Å². The fourth-order valence-corrected chi connectivity index (χ4v) is 1.49. The first-order valence-corrected chi connectivity index (χ1v) is 6.03. The van der Waals surface area contributed by atoms with Crippen LogP contribution in [0.1, 0.15) is 72.1 Å². The summed E-state index contributed by atoms with van der Waals surface area (Å²) in [5.74, 6) is 0. The number of unbranched alkanes of at least 4 members (excludes halogenated alkanes) is 3. The fourth-order valence-electron chi connectivity index (χ4n) is 1.49. The molecule has 0 saturated heterocycles. The summed E-state index contributed by atoms with van der Waals surface area (Å²) < 4.78 is 0. The van der Waals surface area contributed by atoms with Crippen LogP contribution in [-0.2, 0) is 0 Å². The molecule has 0 atom stereocenters. The SMILES string of the molecule is CCCC=C(CCCC)CCCC. The standard InChI is InChI=1S/C13H26/c1-4-7-10-13(11-8-5-2)12-9-6-3/h10H,4-9,11-12H2,1-3H3. The summed E-state index contributed by atoms with van der Waals surface area (Å²) in [4.78, 5) is 0. The molecular weight excluding hydrogens is 156 g/mol. The van der Waals surface area contributed by atoms with Gasteiger partial charge in [0.25, 0.3) is 0 Å². The Morgan fingerprint density at radius 2 is 1.38 bits per heavy atom. The van der Waals surface area contributed by atoms with Crippen molar-refractivity contribution >= 4 is 0 Å². The number of rotatable bonds is 8. The Kier molecular flexibility index (Phi) is 9.63. The van der Waals surface area contributed by atoms with Gasteiger partial charge in [0.2, 0.25) is 0 Å². The van der Waals surface area contributed by atoms with Crippen molar-refractivity contribution in [3.63, 3.8) is 0 Å². The van der Waals surface area contributed by atoms with E-state index in [4.69, 9.17) is 0 Å². The van der Waals surface area contributed by atoms with Crippen LogP contribution in [0.4, 0.5) is 0 Å². The van der Waals surface area contributed by atoms with Crippen molar-refractivity contribution < 1.29 is 0 Å². The summed E-state index contributed by atoms with van der Waals surface area (Å²) in [7, 11) is 0. The highest BCUT2D eigenvalue weighted by molar-refractivity contribution is 5.01. The van der Waals surface area contributed by atoms with Crippen molar-refractivity contribution in [1.82, 2.24) is 0 Å². The molecule has 0 amide bonds. The maximum atomic E-state index is 2.48. The van der Waals surface area contributed by atoms with Crippen LogP contribution in [0.3, 0.4) is 0 Å². The molecule has 0 aliphatic carbocycles. The minimum absolute atomic E-state index is 1.28. The maximum Gasteiger partial charge on any atom is -0.0320 e. The van der Waals surface area contributed by atoms with Gasteiger partial charge in [-0.1, -0.05) is 51.7 Å². The van der Waals surface area contributed by atoms with E-state index in [0.717, 1.165) is 0 Å². The Bertz CT molecular complexity index is 112. The van der Waals surface area contributed by atoms with Gasteiger partial charge in [-0.05, 0) is 32.1 Å². The normalized spacial score (nSPS) is 10.1. The topological polar surface area (TPSA) is 0 Å². The summed E-state index contributed by atoms with van der Waals surface area (Å²) >= 11 is 0. The maximum absolute atomic E-state index is 2.48. The average Bonchev–Trinajstić information content (AvgIpc) is 2.17. The van der Waals surface area contributed by atoms with Crippen LogP contribution < -0.4 is 0 Å². The molecule has 0 radical (unpaired) electrons. The first kappa shape index (κ1) is 12.7. The van der Waals surface area contributed by atoms with Crippen molar-refractivity contribution in [2.75, 3.05) is 0 Å². The largest absolute Gasteiger partial charge is 0.0853 e. The monoisotopic (exact) mass is 182 g/mol. The first-order valence-electron chi connectivity index (χ1n) is 6.03. The van der Waals surface area contributed by atoms with Gasteiger partial charge in [0.1, 0.15) is 0 Å². The molecule has 0 bridgehead atoms. The second-order valence-electron chi connectivity index (χ2n) is 3.86. The van der Waals surface area contributed by atoms with Crippen molar-refractivity contribution in [1.29, 1.82) is 0 Å². The highest BCUT2D eigenvalue weighted by Gasteiger charge is 1.95. The van der Waals surface area contributed by atoms with E-state index in [2.05, 4.69) is 26.8 Å². The van der Waals surface area contributed by atoms with Crippen LogP contribution >= 0.6 is 0 Å². The highest BCUT2D eigenvalue weighted by atomic mass is 14.0. The van der Waals surface area contributed by atoms with E-state index < -0.39 is 0 Å². The van der Waals surface area contributed by atoms with Gasteiger partial charge >= 0.3 is 0 Å². The Balaban J connectivity index is 3.72. The van der Waals surface area contributed by atoms with Crippen LogP contribution in [0.2, 0.25) is 0 Å². The highest BCUT2D eigenvalue weighted by Crippen LogP contribution is 2.15. The van der Waals surface area contributed by atoms with E-state index in [-0.39, 0.29) is 0 Å². The molecule has 13 heavy (non-hydrogen) atoms. The van der Waals surface area contributed by atoms with Crippen molar-refractivity contribution in [2.45, 2.75) is 72.1 Å². The van der Waals surface area contributed by atoms with Crippen LogP contribution in [0.25, 0.3) is 0 Å². The van der Waals surface area contributed by atoms with Crippen LogP contribution in [0.15, 0.2) is 11.6 Å². The third-order valence-corrected chi connectivity index (χ3v) is 2.42. The van der Waals surface area contributed by atoms with Gasteiger partial charge in [-0.15, -0.1) is 0 Å². The lowest BCUT2D eigenvalue weighted by molar-refractivity contribution is 0.706. The lowest BCUT2D eigenvalue weighted by atomic mass is 10.0. The molecule has 0 saturated carbocycles. The Labute approximate surface area is 84.4 Å². The van der Waals surface area contributed by atoms with Gasteiger partial charge in [0, 0.05) is 0 Å². The second-order valence-corrected chi connectivity index (χ2v) is 3.86. The number of hydrogen-bond acceptors (Lipinski definition) is 0. The predicted octanol–water partition coefficient (Wildman–Crippen LogP) is 5.09. The smallest absolute Gasteiger partial charge is 0.0320 e. The zero-order valence-corrected chi connectivity index (χ0v) is 9.73. The zero-order chi connectivity index (χ0) is 9.94. The quantitative estimate of drug-likeness (QED) is 0.458. The van der Waals surface area contributed by atoms with Gasteiger partial charge in [-0.2, -0.15) is 0 Å². The molecule has 0 nitrogen and oxygen atoms in total. The molecular formula is C13H26. The Morgan fingerprint density at radius 3 is 1.77 bits per heavy atom. The van der Waals surface area contributed by atoms with E-state index in [9.17, 15) is 0 Å². The molecule has 0 aromatic carbocycles. The molecule has 0 aliphatic rings. The summed E-state index contributed by atoms with van der Waals surface area (Å²) in [6.45, 7) is 6.81. The molecule has 0 N–H and O–H groups in total. The van der Waals surface area contributed by atoms with E-state index >= 15 is 0 Å². The number of hydrogen-bond donors (Lipinski definition) is 0. The fraction of sp³-hybridized carbons (Fsp3) is 0.846. The van der Waals surface area contributed by atoms with Crippen LogP contribution in [-0.4, -0.2) is 0 Å². The molecule has 0 aromatic rings. The first-order chi connectivity index (χ1) is 6.35. The molecule has 0 heteroatoms. The van der Waals surface area contributed by atoms with E-state index in [1.165, 1.54) is 51.4 Å². The Hall–Kier alpha value is -0.260. The van der Waals surface area contributed by atoms with Gasteiger partial charge in [0.05, 0.1) is 0 Å². The van der Waals surface area contributed by atoms with Crippen LogP contribution in [0, 0.1) is 0 Å². The summed E-state index contributed by atoms with van der Waals surface area (Å²) in [5, 5.41) is 0.